The topological polar surface area (TPSA) is 453 Å². The van der Waals surface area contributed by atoms with Crippen molar-refractivity contribution in [3.8, 4) is 34.5 Å². The van der Waals surface area contributed by atoms with E-state index in [4.69, 9.17) is 47.4 Å². The maximum absolute atomic E-state index is 12.9. The first-order valence-electron chi connectivity index (χ1n) is 23.5. The molecule has 76 heavy (non-hydrogen) atoms. The van der Waals surface area contributed by atoms with Crippen molar-refractivity contribution < 1.29 is 139 Å². The number of aliphatic hydroxyl groups is 14. The summed E-state index contributed by atoms with van der Waals surface area (Å²) in [6.07, 6.45) is -34.0. The summed E-state index contributed by atoms with van der Waals surface area (Å²) in [7, 11) is 0. The molecule has 0 radical (unpaired) electrons. The van der Waals surface area contributed by atoms with Crippen LogP contribution in [0.15, 0.2) is 66.4 Å². The molecule has 0 bridgehead atoms. The maximum Gasteiger partial charge on any atom is 0.330 e. The highest BCUT2D eigenvalue weighted by molar-refractivity contribution is 5.87. The SMILES string of the molecule is O=C(C=Cc1ccc(O)c(OC2OC(CO)C(O)C(O)C2O)c1)OCC1OC(OC2C(OC3=Cc4c(cc(O)cc4OC4OC(CO)C(O)C(O)C4O)OC3c3ccc(O)cc3)OC(CO)C(O)C2O)C(O)C(O)C1O. The fourth-order valence-electron chi connectivity index (χ4n) is 8.74. The highest BCUT2D eigenvalue weighted by Crippen LogP contribution is 2.46. The summed E-state index contributed by atoms with van der Waals surface area (Å²) in [6, 6.07) is 11.4. The third-order valence-electron chi connectivity index (χ3n) is 13.1. The number of rotatable bonds is 16. The number of carbonyl (C=O) groups excluding carboxylic acids is 1. The molecular formula is C48H58O28. The number of benzene rings is 3. The van der Waals surface area contributed by atoms with Gasteiger partial charge in [0.05, 0.1) is 25.4 Å². The Balaban J connectivity index is 1.00. The van der Waals surface area contributed by atoms with Crippen molar-refractivity contribution in [3.05, 3.63) is 83.1 Å². The molecule has 28 nitrogen and oxygen atoms in total. The van der Waals surface area contributed by atoms with Gasteiger partial charge in [0.15, 0.2) is 30.0 Å². The molecule has 3 aromatic carbocycles. The summed E-state index contributed by atoms with van der Waals surface area (Å²) in [5, 5.41) is 178. The number of phenolic OH excluding ortho intramolecular Hbond substituents is 3. The average Bonchev–Trinajstić information content (AvgIpc) is 3.41. The molecule has 21 atom stereocenters. The predicted octanol–water partition coefficient (Wildman–Crippen LogP) is -5.46. The summed E-state index contributed by atoms with van der Waals surface area (Å²) in [6.45, 7) is -3.25. The highest BCUT2D eigenvalue weighted by atomic mass is 16.8. The van der Waals surface area contributed by atoms with E-state index in [0.29, 0.717) is 0 Å². The fraction of sp³-hybridized carbons (Fsp3) is 0.521. The second-order valence-electron chi connectivity index (χ2n) is 18.3. The van der Waals surface area contributed by atoms with Crippen LogP contribution in [-0.4, -0.2) is 242 Å². The molecule has 8 rings (SSSR count). The zero-order chi connectivity index (χ0) is 54.9. The molecule has 5 aliphatic heterocycles. The lowest BCUT2D eigenvalue weighted by atomic mass is 9.97. The first-order chi connectivity index (χ1) is 36.2. The van der Waals surface area contributed by atoms with Crippen LogP contribution in [0.3, 0.4) is 0 Å². The van der Waals surface area contributed by atoms with Crippen LogP contribution in [0.4, 0.5) is 0 Å². The van der Waals surface area contributed by atoms with Gasteiger partial charge in [0.25, 0.3) is 0 Å². The maximum atomic E-state index is 12.9. The normalized spacial score (nSPS) is 37.6. The van der Waals surface area contributed by atoms with Crippen molar-refractivity contribution in [2.45, 2.75) is 129 Å². The molecule has 5 aliphatic rings. The Morgan fingerprint density at radius 1 is 0.526 bits per heavy atom. The van der Waals surface area contributed by atoms with Crippen molar-refractivity contribution in [1.82, 2.24) is 0 Å². The van der Waals surface area contributed by atoms with Gasteiger partial charge in [0, 0.05) is 23.8 Å². The van der Waals surface area contributed by atoms with Crippen molar-refractivity contribution in [3.63, 3.8) is 0 Å². The molecule has 4 fully saturated rings. The lowest BCUT2D eigenvalue weighted by molar-refractivity contribution is -0.364. The van der Waals surface area contributed by atoms with Gasteiger partial charge >= 0.3 is 5.97 Å². The summed E-state index contributed by atoms with van der Waals surface area (Å²) < 4.78 is 57.6. The van der Waals surface area contributed by atoms with E-state index in [-0.39, 0.29) is 45.4 Å². The Kier molecular flexibility index (Phi) is 17.9. The molecule has 21 unspecified atom stereocenters. The van der Waals surface area contributed by atoms with Crippen LogP contribution >= 0.6 is 0 Å². The van der Waals surface area contributed by atoms with Gasteiger partial charge < -0.3 is 134 Å². The molecule has 0 saturated carbocycles. The number of phenols is 3. The van der Waals surface area contributed by atoms with Crippen LogP contribution < -0.4 is 14.2 Å². The van der Waals surface area contributed by atoms with Crippen LogP contribution in [0.25, 0.3) is 12.2 Å². The van der Waals surface area contributed by atoms with E-state index in [9.17, 15) is 91.6 Å². The number of esters is 1. The minimum atomic E-state index is -2.11. The second kappa shape index (κ2) is 24.0. The standard InChI is InChI=1S/C48H58O28/c49-13-27-32(56)36(60)40(64)45(72-27)69-24-11-20(53)10-23-21(24)12-26(43(68-23)18-3-5-19(52)6-4-18)71-48-44(39(63)34(58)29(15-51)74-48)76-47-42(66)38(62)35(59)30(75-47)16-67-31(55)8-2-17-1-7-22(54)25(9-17)70-46-41(65)37(61)33(57)28(14-50)73-46/h1-12,27-30,32-54,56-66H,13-16H2. The Morgan fingerprint density at radius 2 is 1.05 bits per heavy atom. The van der Waals surface area contributed by atoms with E-state index in [1.165, 1.54) is 54.6 Å². The number of hydrogen-bond donors (Lipinski definition) is 17. The Morgan fingerprint density at radius 3 is 1.64 bits per heavy atom. The van der Waals surface area contributed by atoms with Crippen molar-refractivity contribution in [2.75, 3.05) is 26.4 Å². The van der Waals surface area contributed by atoms with Gasteiger partial charge in [0.1, 0.15) is 127 Å². The zero-order valence-corrected chi connectivity index (χ0v) is 39.5. The van der Waals surface area contributed by atoms with Gasteiger partial charge in [-0.3, -0.25) is 0 Å². The average molecular weight is 1080 g/mol. The van der Waals surface area contributed by atoms with Gasteiger partial charge in [0.2, 0.25) is 18.9 Å². The van der Waals surface area contributed by atoms with Crippen molar-refractivity contribution in [2.24, 2.45) is 0 Å². The molecule has 17 N–H and O–H groups in total. The monoisotopic (exact) mass is 1080 g/mol. The van der Waals surface area contributed by atoms with Crippen molar-refractivity contribution in [1.29, 1.82) is 0 Å². The molecule has 28 heteroatoms. The van der Waals surface area contributed by atoms with Crippen molar-refractivity contribution >= 4 is 18.1 Å². The smallest absolute Gasteiger partial charge is 0.330 e. The first kappa shape index (κ1) is 56.6. The number of carbonyl (C=O) groups is 1. The molecular weight excluding hydrogens is 1020 g/mol. The van der Waals surface area contributed by atoms with Gasteiger partial charge in [-0.05, 0) is 42.0 Å². The van der Waals surface area contributed by atoms with E-state index in [0.717, 1.165) is 18.2 Å². The quantitative estimate of drug-likeness (QED) is 0.0470. The number of aliphatic hydroxyl groups excluding tert-OH is 14. The first-order valence-corrected chi connectivity index (χ1v) is 23.5. The molecule has 0 amide bonds. The summed E-state index contributed by atoms with van der Waals surface area (Å²) >= 11 is 0. The van der Waals surface area contributed by atoms with E-state index in [1.807, 2.05) is 0 Å². The van der Waals surface area contributed by atoms with Crippen LogP contribution in [0.2, 0.25) is 0 Å². The summed E-state index contributed by atoms with van der Waals surface area (Å²) in [5.41, 5.74) is 0.448. The van der Waals surface area contributed by atoms with Gasteiger partial charge in [-0.2, -0.15) is 0 Å². The summed E-state index contributed by atoms with van der Waals surface area (Å²) in [5.74, 6) is -3.03. The van der Waals surface area contributed by atoms with Gasteiger partial charge in [-0.1, -0.05) is 18.2 Å². The third-order valence-corrected chi connectivity index (χ3v) is 13.1. The van der Waals surface area contributed by atoms with Crippen LogP contribution in [-0.2, 0) is 38.0 Å². The number of fused-ring (bicyclic) bond motifs is 1. The number of hydrogen-bond acceptors (Lipinski definition) is 28. The van der Waals surface area contributed by atoms with Crippen LogP contribution in [0, 0.1) is 0 Å². The Labute approximate surface area is 429 Å². The van der Waals surface area contributed by atoms with E-state index in [2.05, 4.69) is 0 Å². The highest BCUT2D eigenvalue weighted by Gasteiger charge is 2.53. The molecule has 0 spiro atoms. The number of ether oxygens (including phenoxy) is 10. The lowest BCUT2D eigenvalue weighted by Gasteiger charge is -2.46. The van der Waals surface area contributed by atoms with E-state index in [1.54, 1.807) is 0 Å². The second-order valence-corrected chi connectivity index (χ2v) is 18.3. The molecule has 3 aromatic rings. The predicted molar refractivity (Wildman–Crippen MR) is 245 cm³/mol. The Hall–Kier alpha value is -5.55. The molecule has 4 saturated heterocycles. The molecule has 0 aromatic heterocycles. The molecule has 418 valence electrons. The van der Waals surface area contributed by atoms with Gasteiger partial charge in [-0.25, -0.2) is 4.79 Å². The van der Waals surface area contributed by atoms with Crippen LogP contribution in [0.5, 0.6) is 34.5 Å². The minimum Gasteiger partial charge on any atom is -0.508 e. The van der Waals surface area contributed by atoms with Crippen LogP contribution in [0.1, 0.15) is 22.8 Å². The number of aromatic hydroxyl groups is 3. The zero-order valence-electron chi connectivity index (χ0n) is 39.5. The largest absolute Gasteiger partial charge is 0.508 e. The lowest BCUT2D eigenvalue weighted by Crippen LogP contribution is -2.64. The molecule has 5 heterocycles. The van der Waals surface area contributed by atoms with E-state index >= 15 is 0 Å². The summed E-state index contributed by atoms with van der Waals surface area (Å²) in [4.78, 5) is 12.9. The van der Waals surface area contributed by atoms with Gasteiger partial charge in [-0.15, -0.1) is 0 Å². The minimum absolute atomic E-state index is 0.0311. The third kappa shape index (κ3) is 11.9. The Bertz CT molecular complexity index is 2510. The molecule has 0 aliphatic carbocycles. The van der Waals surface area contributed by atoms with E-state index < -0.39 is 173 Å². The fourth-order valence-corrected chi connectivity index (χ4v) is 8.74.